The van der Waals surface area contributed by atoms with Gasteiger partial charge < -0.3 is 11.5 Å². The van der Waals surface area contributed by atoms with Crippen LogP contribution in [0.2, 0.25) is 0 Å². The fraction of sp³-hybridized carbons (Fsp3) is 0.455. The molecule has 92 valence electrons. The maximum Gasteiger partial charge on any atom is 0.142 e. The maximum atomic E-state index is 13.6. The number of unbranched alkanes of at least 4 members (excludes halogenated alkanes) is 1. The first kappa shape index (κ1) is 15.8. The van der Waals surface area contributed by atoms with Gasteiger partial charge in [-0.25, -0.2) is 4.39 Å². The van der Waals surface area contributed by atoms with Crippen LogP contribution >= 0.6 is 28.3 Å². The zero-order valence-electron chi connectivity index (χ0n) is 8.96. The second-order valence-electron chi connectivity index (χ2n) is 3.53. The standard InChI is InChI=1S/C11H16BrFN2.ClH/c12-9-5-3-4-8(11(9)13)10(15)6-1-2-7-14;/h3-5,10H,1-2,6-7,14-15H2;1H/t10-;/m0./s1. The van der Waals surface area contributed by atoms with Crippen LogP contribution in [0, 0.1) is 5.82 Å². The molecule has 4 N–H and O–H groups in total. The molecule has 0 aromatic heterocycles. The lowest BCUT2D eigenvalue weighted by Gasteiger charge is -2.13. The molecule has 16 heavy (non-hydrogen) atoms. The highest BCUT2D eigenvalue weighted by atomic mass is 79.9. The van der Waals surface area contributed by atoms with Crippen LogP contribution in [0.25, 0.3) is 0 Å². The summed E-state index contributed by atoms with van der Waals surface area (Å²) in [5.41, 5.74) is 11.9. The van der Waals surface area contributed by atoms with E-state index < -0.39 is 0 Å². The molecule has 1 rings (SSSR count). The average Bonchev–Trinajstić information content (AvgIpc) is 2.22. The van der Waals surface area contributed by atoms with Gasteiger partial charge in [-0.15, -0.1) is 12.4 Å². The number of rotatable bonds is 5. The van der Waals surface area contributed by atoms with Crippen LogP contribution in [0.3, 0.4) is 0 Å². The van der Waals surface area contributed by atoms with Crippen molar-refractivity contribution in [1.82, 2.24) is 0 Å². The first-order valence-corrected chi connectivity index (χ1v) is 5.85. The lowest BCUT2D eigenvalue weighted by molar-refractivity contribution is 0.540. The Morgan fingerprint density at radius 2 is 2.00 bits per heavy atom. The minimum Gasteiger partial charge on any atom is -0.330 e. The molecule has 0 heterocycles. The SMILES string of the molecule is Cl.NCCCC[C@H](N)c1cccc(Br)c1F. The van der Waals surface area contributed by atoms with Crippen LogP contribution < -0.4 is 11.5 Å². The van der Waals surface area contributed by atoms with Crippen molar-refractivity contribution in [1.29, 1.82) is 0 Å². The molecule has 0 amide bonds. The van der Waals surface area contributed by atoms with Crippen LogP contribution in [0.5, 0.6) is 0 Å². The molecule has 5 heteroatoms. The fourth-order valence-electron chi connectivity index (χ4n) is 1.47. The first-order valence-electron chi connectivity index (χ1n) is 5.06. The molecular weight excluding hydrogens is 294 g/mol. The van der Waals surface area contributed by atoms with Crippen LogP contribution in [0.4, 0.5) is 4.39 Å². The van der Waals surface area contributed by atoms with Gasteiger partial charge in [0, 0.05) is 11.6 Å². The third-order valence-corrected chi connectivity index (χ3v) is 2.96. The van der Waals surface area contributed by atoms with Crippen LogP contribution in [0.15, 0.2) is 22.7 Å². The summed E-state index contributed by atoms with van der Waals surface area (Å²) in [6, 6.07) is 4.96. The van der Waals surface area contributed by atoms with E-state index >= 15 is 0 Å². The van der Waals surface area contributed by atoms with Crippen molar-refractivity contribution < 1.29 is 4.39 Å². The largest absolute Gasteiger partial charge is 0.330 e. The van der Waals surface area contributed by atoms with Gasteiger partial charge in [0.15, 0.2) is 0 Å². The van der Waals surface area contributed by atoms with E-state index in [4.69, 9.17) is 11.5 Å². The molecule has 0 fully saturated rings. The third-order valence-electron chi connectivity index (χ3n) is 2.35. The quantitative estimate of drug-likeness (QED) is 0.821. The van der Waals surface area contributed by atoms with Gasteiger partial charge in [-0.05, 0) is 41.4 Å². The molecular formula is C11H17BrClFN2. The zero-order chi connectivity index (χ0) is 11.3. The number of hydrogen-bond acceptors (Lipinski definition) is 2. The topological polar surface area (TPSA) is 52.0 Å². The Balaban J connectivity index is 0.00000225. The zero-order valence-corrected chi connectivity index (χ0v) is 11.4. The maximum absolute atomic E-state index is 13.6. The number of nitrogens with two attached hydrogens (primary N) is 2. The van der Waals surface area contributed by atoms with E-state index in [1.165, 1.54) is 0 Å². The van der Waals surface area contributed by atoms with E-state index in [1.54, 1.807) is 18.2 Å². The summed E-state index contributed by atoms with van der Waals surface area (Å²) >= 11 is 3.15. The normalized spacial score (nSPS) is 12.0. The van der Waals surface area contributed by atoms with Crippen molar-refractivity contribution in [3.05, 3.63) is 34.1 Å². The van der Waals surface area contributed by atoms with Crippen molar-refractivity contribution in [2.75, 3.05) is 6.54 Å². The van der Waals surface area contributed by atoms with Gasteiger partial charge in [0.2, 0.25) is 0 Å². The van der Waals surface area contributed by atoms with Gasteiger partial charge in [-0.2, -0.15) is 0 Å². The Kier molecular flexibility index (Phi) is 7.93. The number of benzene rings is 1. The predicted molar refractivity (Wildman–Crippen MR) is 71.2 cm³/mol. The minimum atomic E-state index is -0.252. The van der Waals surface area contributed by atoms with Gasteiger partial charge in [-0.1, -0.05) is 18.6 Å². The van der Waals surface area contributed by atoms with Crippen LogP contribution in [0.1, 0.15) is 30.9 Å². The summed E-state index contributed by atoms with van der Waals surface area (Å²) in [5, 5.41) is 0. The fourth-order valence-corrected chi connectivity index (χ4v) is 1.85. The number of halogens is 3. The monoisotopic (exact) mass is 310 g/mol. The molecule has 2 nitrogen and oxygen atoms in total. The van der Waals surface area contributed by atoms with E-state index in [1.807, 2.05) is 0 Å². The molecule has 0 saturated heterocycles. The van der Waals surface area contributed by atoms with Crippen molar-refractivity contribution in [3.63, 3.8) is 0 Å². The Morgan fingerprint density at radius 3 is 2.62 bits per heavy atom. The van der Waals surface area contributed by atoms with Crippen LogP contribution in [-0.4, -0.2) is 6.54 Å². The summed E-state index contributed by atoms with van der Waals surface area (Å²) in [6.45, 7) is 0.660. The highest BCUT2D eigenvalue weighted by Gasteiger charge is 2.12. The van der Waals surface area contributed by atoms with Crippen molar-refractivity contribution >= 4 is 28.3 Å². The van der Waals surface area contributed by atoms with E-state index in [0.717, 1.165) is 19.3 Å². The highest BCUT2D eigenvalue weighted by molar-refractivity contribution is 9.10. The Bertz CT molecular complexity index is 323. The molecule has 0 aliphatic carbocycles. The molecule has 0 aliphatic heterocycles. The molecule has 1 aromatic carbocycles. The first-order chi connectivity index (χ1) is 7.16. The summed E-state index contributed by atoms with van der Waals surface area (Å²) in [5.74, 6) is -0.252. The minimum absolute atomic E-state index is 0. The van der Waals surface area contributed by atoms with Gasteiger partial charge in [-0.3, -0.25) is 0 Å². The van der Waals surface area contributed by atoms with E-state index in [-0.39, 0.29) is 24.3 Å². The molecule has 0 bridgehead atoms. The van der Waals surface area contributed by atoms with Crippen molar-refractivity contribution in [3.8, 4) is 0 Å². The Labute approximate surface area is 110 Å². The summed E-state index contributed by atoms with van der Waals surface area (Å²) < 4.78 is 14.1. The highest BCUT2D eigenvalue weighted by Crippen LogP contribution is 2.25. The molecule has 0 unspecified atom stereocenters. The van der Waals surface area contributed by atoms with Gasteiger partial charge >= 0.3 is 0 Å². The van der Waals surface area contributed by atoms with E-state index in [9.17, 15) is 4.39 Å². The molecule has 0 radical (unpaired) electrons. The number of hydrogen-bond donors (Lipinski definition) is 2. The lowest BCUT2D eigenvalue weighted by Crippen LogP contribution is -2.13. The Hall–Kier alpha value is -0.160. The van der Waals surface area contributed by atoms with Crippen molar-refractivity contribution in [2.24, 2.45) is 11.5 Å². The van der Waals surface area contributed by atoms with E-state index in [2.05, 4.69) is 15.9 Å². The summed E-state index contributed by atoms with van der Waals surface area (Å²) in [4.78, 5) is 0. The Morgan fingerprint density at radius 1 is 1.31 bits per heavy atom. The lowest BCUT2D eigenvalue weighted by atomic mass is 10.0. The van der Waals surface area contributed by atoms with Crippen LogP contribution in [-0.2, 0) is 0 Å². The average molecular weight is 312 g/mol. The van der Waals surface area contributed by atoms with Crippen molar-refractivity contribution in [2.45, 2.75) is 25.3 Å². The van der Waals surface area contributed by atoms with Gasteiger partial charge in [0.05, 0.1) is 4.47 Å². The second-order valence-corrected chi connectivity index (χ2v) is 4.39. The molecule has 0 spiro atoms. The predicted octanol–water partition coefficient (Wildman–Crippen LogP) is 3.14. The molecule has 0 aliphatic rings. The summed E-state index contributed by atoms with van der Waals surface area (Å²) in [6.07, 6.45) is 2.64. The van der Waals surface area contributed by atoms with E-state index in [0.29, 0.717) is 16.6 Å². The van der Waals surface area contributed by atoms with Gasteiger partial charge in [0.1, 0.15) is 5.82 Å². The smallest absolute Gasteiger partial charge is 0.142 e. The second kappa shape index (κ2) is 8.01. The molecule has 1 atom stereocenters. The van der Waals surface area contributed by atoms with Gasteiger partial charge in [0.25, 0.3) is 0 Å². The third kappa shape index (κ3) is 4.37. The molecule has 1 aromatic rings. The summed E-state index contributed by atoms with van der Waals surface area (Å²) in [7, 11) is 0. The molecule has 0 saturated carbocycles.